The number of aromatic hydroxyl groups is 2. The van der Waals surface area contributed by atoms with E-state index in [1.807, 2.05) is 0 Å². The van der Waals surface area contributed by atoms with E-state index in [9.17, 15) is 19.9 Å². The molecule has 8 heteroatoms. The predicted molar refractivity (Wildman–Crippen MR) is 87.5 cm³/mol. The molecule has 6 nitrogen and oxygen atoms in total. The van der Waals surface area contributed by atoms with Crippen molar-refractivity contribution >= 4 is 18.2 Å². The van der Waals surface area contributed by atoms with Crippen molar-refractivity contribution in [2.75, 3.05) is 0 Å². The van der Waals surface area contributed by atoms with Gasteiger partial charge < -0.3 is 25.1 Å². The summed E-state index contributed by atoms with van der Waals surface area (Å²) in [5.74, 6) is -0.710. The van der Waals surface area contributed by atoms with Crippen molar-refractivity contribution in [3.05, 3.63) is 53.6 Å². The van der Waals surface area contributed by atoms with Crippen molar-refractivity contribution < 1.29 is 29.7 Å². The predicted octanol–water partition coefficient (Wildman–Crippen LogP) is 3.12. The molecule has 23 heavy (non-hydrogen) atoms. The first kappa shape index (κ1) is 17.8. The maximum Gasteiger partial charge on any atom is 0.388 e. The third kappa shape index (κ3) is 4.50. The quantitative estimate of drug-likeness (QED) is 0.522. The molecule has 124 valence electrons. The third-order valence-corrected chi connectivity index (χ3v) is 5.52. The first-order valence-electron chi connectivity index (χ1n) is 6.73. The lowest BCUT2D eigenvalue weighted by molar-refractivity contribution is 0.145. The number of aliphatic hydroxyl groups excluding tert-OH is 1. The van der Waals surface area contributed by atoms with Crippen LogP contribution >= 0.6 is 18.2 Å². The SMILES string of the molecule is CC(c1cccc(O)c1)C(O)c1c(O)cccc1SP(=O)(O)O. The normalized spacial score (nSPS) is 14.4. The Bertz CT molecular complexity index is 744. The summed E-state index contributed by atoms with van der Waals surface area (Å²) < 4.78 is 11.2. The summed E-state index contributed by atoms with van der Waals surface area (Å²) in [6.45, 7) is -2.74. The van der Waals surface area contributed by atoms with E-state index >= 15 is 0 Å². The van der Waals surface area contributed by atoms with Gasteiger partial charge in [-0.2, -0.15) is 0 Å². The topological polar surface area (TPSA) is 118 Å². The molecule has 0 fully saturated rings. The molecule has 0 amide bonds. The molecule has 0 radical (unpaired) electrons. The molecule has 2 aromatic rings. The van der Waals surface area contributed by atoms with Crippen LogP contribution in [0.2, 0.25) is 0 Å². The van der Waals surface area contributed by atoms with E-state index in [0.29, 0.717) is 5.56 Å². The summed E-state index contributed by atoms with van der Waals surface area (Å²) in [6, 6.07) is 10.5. The Kier molecular flexibility index (Phi) is 5.39. The van der Waals surface area contributed by atoms with E-state index in [4.69, 9.17) is 9.79 Å². The Hall–Kier alpha value is -1.50. The third-order valence-electron chi connectivity index (χ3n) is 3.43. The van der Waals surface area contributed by atoms with Crippen LogP contribution in [0.15, 0.2) is 47.4 Å². The van der Waals surface area contributed by atoms with Gasteiger partial charge in [-0.3, -0.25) is 0 Å². The van der Waals surface area contributed by atoms with Gasteiger partial charge in [-0.1, -0.05) is 25.1 Å². The number of hydrogen-bond acceptors (Lipinski definition) is 5. The van der Waals surface area contributed by atoms with Crippen molar-refractivity contribution in [2.24, 2.45) is 0 Å². The Morgan fingerprint density at radius 2 is 1.74 bits per heavy atom. The molecule has 0 saturated heterocycles. The summed E-state index contributed by atoms with van der Waals surface area (Å²) in [5, 5.41) is 30.2. The molecule has 0 bridgehead atoms. The number of phenols is 2. The van der Waals surface area contributed by atoms with Crippen LogP contribution < -0.4 is 0 Å². The van der Waals surface area contributed by atoms with Crippen LogP contribution in [0.25, 0.3) is 0 Å². The van der Waals surface area contributed by atoms with E-state index in [1.54, 1.807) is 19.1 Å². The van der Waals surface area contributed by atoms with Gasteiger partial charge in [0.2, 0.25) is 0 Å². The molecule has 5 N–H and O–H groups in total. The first-order valence-corrected chi connectivity index (χ1v) is 9.76. The maximum absolute atomic E-state index is 11.2. The molecule has 0 aliphatic heterocycles. The molecule has 2 aromatic carbocycles. The largest absolute Gasteiger partial charge is 0.508 e. The summed E-state index contributed by atoms with van der Waals surface area (Å²) in [6.07, 6.45) is -1.20. The molecule has 0 aliphatic rings. The van der Waals surface area contributed by atoms with Gasteiger partial charge in [-0.15, -0.1) is 0 Å². The van der Waals surface area contributed by atoms with Crippen molar-refractivity contribution in [1.29, 1.82) is 0 Å². The molecule has 0 aliphatic carbocycles. The molecule has 0 spiro atoms. The van der Waals surface area contributed by atoms with Crippen LogP contribution in [0.3, 0.4) is 0 Å². The molecular formula is C15H17O6PS. The standard InChI is InChI=1S/C15H17O6PS/c1-9(10-4-2-5-11(16)8-10)15(18)14-12(17)6-3-7-13(14)23-22(19,20)21/h2-9,15-18H,1H3,(H2,19,20,21). The number of aliphatic hydroxyl groups is 1. The second-order valence-electron chi connectivity index (χ2n) is 5.10. The van der Waals surface area contributed by atoms with Gasteiger partial charge in [0.25, 0.3) is 0 Å². The van der Waals surface area contributed by atoms with Crippen LogP contribution in [-0.4, -0.2) is 25.1 Å². The molecule has 0 saturated carbocycles. The molecule has 0 heterocycles. The average molecular weight is 356 g/mol. The number of benzene rings is 2. The van der Waals surface area contributed by atoms with E-state index in [-0.39, 0.29) is 33.3 Å². The first-order chi connectivity index (χ1) is 10.7. The second kappa shape index (κ2) is 6.95. The average Bonchev–Trinajstić information content (AvgIpc) is 2.44. The fraction of sp³-hybridized carbons (Fsp3) is 0.200. The zero-order valence-electron chi connectivity index (χ0n) is 12.2. The fourth-order valence-corrected chi connectivity index (χ4v) is 4.24. The van der Waals surface area contributed by atoms with Gasteiger partial charge in [-0.25, -0.2) is 4.57 Å². The smallest absolute Gasteiger partial charge is 0.388 e. The monoisotopic (exact) mass is 356 g/mol. The van der Waals surface area contributed by atoms with Crippen molar-refractivity contribution in [3.63, 3.8) is 0 Å². The maximum atomic E-state index is 11.2. The zero-order chi connectivity index (χ0) is 17.2. The Morgan fingerprint density at radius 3 is 2.35 bits per heavy atom. The van der Waals surface area contributed by atoms with Gasteiger partial charge in [0.05, 0.1) is 6.10 Å². The molecule has 2 rings (SSSR count). The lowest BCUT2D eigenvalue weighted by atomic mass is 9.90. The summed E-state index contributed by atoms with van der Waals surface area (Å²) in [5.41, 5.74) is 0.685. The molecule has 2 unspecified atom stereocenters. The van der Waals surface area contributed by atoms with E-state index in [1.165, 1.54) is 30.3 Å². The van der Waals surface area contributed by atoms with Gasteiger partial charge in [0, 0.05) is 16.4 Å². The summed E-state index contributed by atoms with van der Waals surface area (Å²) >= 11 is 0.283. The minimum atomic E-state index is -4.43. The second-order valence-corrected chi connectivity index (χ2v) is 8.68. The molecule has 2 atom stereocenters. The van der Waals surface area contributed by atoms with Gasteiger partial charge in [0.15, 0.2) is 0 Å². The zero-order valence-corrected chi connectivity index (χ0v) is 13.9. The Balaban J connectivity index is 2.42. The molecular weight excluding hydrogens is 339 g/mol. The number of phenolic OH excluding ortho intramolecular Hbond substituents is 2. The lowest BCUT2D eigenvalue weighted by Crippen LogP contribution is -2.09. The van der Waals surface area contributed by atoms with Crippen LogP contribution in [0, 0.1) is 0 Å². The van der Waals surface area contributed by atoms with Crippen LogP contribution in [0.1, 0.15) is 30.1 Å². The minimum Gasteiger partial charge on any atom is -0.508 e. The lowest BCUT2D eigenvalue weighted by Gasteiger charge is -2.23. The number of rotatable bonds is 5. The van der Waals surface area contributed by atoms with Gasteiger partial charge >= 0.3 is 6.80 Å². The van der Waals surface area contributed by atoms with Crippen molar-refractivity contribution in [1.82, 2.24) is 0 Å². The summed E-state index contributed by atoms with van der Waals surface area (Å²) in [7, 11) is 0. The van der Waals surface area contributed by atoms with Crippen molar-refractivity contribution in [3.8, 4) is 11.5 Å². The Morgan fingerprint density at radius 1 is 1.09 bits per heavy atom. The highest BCUT2D eigenvalue weighted by Gasteiger charge is 2.27. The van der Waals surface area contributed by atoms with Crippen LogP contribution in [-0.2, 0) is 4.57 Å². The molecule has 0 aromatic heterocycles. The Labute approximate surface area is 137 Å². The number of hydrogen-bond donors (Lipinski definition) is 5. The van der Waals surface area contributed by atoms with Gasteiger partial charge in [-0.05, 0) is 41.2 Å². The van der Waals surface area contributed by atoms with Crippen LogP contribution in [0.4, 0.5) is 0 Å². The highest BCUT2D eigenvalue weighted by Crippen LogP contribution is 2.57. The van der Waals surface area contributed by atoms with Crippen LogP contribution in [0.5, 0.6) is 11.5 Å². The minimum absolute atomic E-state index is 0.0450. The van der Waals surface area contributed by atoms with Crippen molar-refractivity contribution in [2.45, 2.75) is 23.8 Å². The highest BCUT2D eigenvalue weighted by atomic mass is 32.7. The van der Waals surface area contributed by atoms with Gasteiger partial charge in [0.1, 0.15) is 11.5 Å². The van der Waals surface area contributed by atoms with E-state index in [2.05, 4.69) is 0 Å². The van der Waals surface area contributed by atoms with E-state index < -0.39 is 18.8 Å². The van der Waals surface area contributed by atoms with E-state index in [0.717, 1.165) is 0 Å². The fourth-order valence-electron chi connectivity index (χ4n) is 2.28. The highest BCUT2D eigenvalue weighted by molar-refractivity contribution is 8.54. The summed E-state index contributed by atoms with van der Waals surface area (Å²) in [4.78, 5) is 18.4.